The molecule has 1 unspecified atom stereocenters. The van der Waals surface area contributed by atoms with E-state index >= 15 is 0 Å². The molecule has 180 valence electrons. The van der Waals surface area contributed by atoms with Crippen molar-refractivity contribution in [3.05, 3.63) is 66.3 Å². The van der Waals surface area contributed by atoms with Crippen molar-refractivity contribution in [2.24, 2.45) is 0 Å². The lowest BCUT2D eigenvalue weighted by Gasteiger charge is -2.21. The molecule has 4 heterocycles. The van der Waals surface area contributed by atoms with E-state index in [1.807, 2.05) is 31.1 Å². The molecule has 2 fully saturated rings. The average molecular weight is 473 g/mol. The normalized spacial score (nSPS) is 17.5. The van der Waals surface area contributed by atoms with E-state index in [2.05, 4.69) is 35.5 Å². The first kappa shape index (κ1) is 22.9. The molecule has 1 saturated heterocycles. The molecule has 0 bridgehead atoms. The van der Waals surface area contributed by atoms with Crippen molar-refractivity contribution in [1.29, 1.82) is 0 Å². The van der Waals surface area contributed by atoms with Crippen LogP contribution < -0.4 is 10.6 Å². The standard InChI is InChI=1S/C25H28N8O2/c1-32(2)18-8-10-33(14-18)25(35)19-7-9-26-13-22(19)31-24(34)23-21(29-17-11-27-15-28-12-17)6-5-20(30-23)16-3-4-16/h5-7,9,11-13,15-16,18,29H,3-4,8,10,14H2,1-2H3,(H,31,34). The van der Waals surface area contributed by atoms with Crippen LogP contribution in [0.5, 0.6) is 0 Å². The SMILES string of the molecule is CN(C)C1CCN(C(=O)c2ccncc2NC(=O)c2nc(C3CC3)ccc2Nc2cncnc2)C1. The molecule has 5 rings (SSSR count). The Hall–Kier alpha value is -3.92. The summed E-state index contributed by atoms with van der Waals surface area (Å²) in [5.74, 6) is -0.154. The minimum Gasteiger partial charge on any atom is -0.351 e. The molecule has 1 aliphatic heterocycles. The Balaban J connectivity index is 1.40. The second-order valence-electron chi connectivity index (χ2n) is 9.19. The number of rotatable bonds is 7. The molecule has 0 aromatic carbocycles. The third-order valence-electron chi connectivity index (χ3n) is 6.45. The van der Waals surface area contributed by atoms with E-state index in [1.54, 1.807) is 24.7 Å². The number of hydrogen-bond acceptors (Lipinski definition) is 8. The number of likely N-dealkylation sites (tertiary alicyclic amines) is 1. The fourth-order valence-electron chi connectivity index (χ4n) is 4.25. The van der Waals surface area contributed by atoms with Crippen molar-refractivity contribution in [1.82, 2.24) is 29.7 Å². The van der Waals surface area contributed by atoms with Crippen LogP contribution in [0.4, 0.5) is 17.1 Å². The van der Waals surface area contributed by atoms with Gasteiger partial charge in [0.1, 0.15) is 6.33 Å². The largest absolute Gasteiger partial charge is 0.351 e. The third-order valence-corrected chi connectivity index (χ3v) is 6.45. The van der Waals surface area contributed by atoms with Crippen LogP contribution >= 0.6 is 0 Å². The highest BCUT2D eigenvalue weighted by Gasteiger charge is 2.30. The van der Waals surface area contributed by atoms with E-state index in [-0.39, 0.29) is 11.6 Å². The molecule has 10 heteroatoms. The average Bonchev–Trinajstić information content (AvgIpc) is 3.60. The van der Waals surface area contributed by atoms with Crippen molar-refractivity contribution >= 4 is 28.9 Å². The van der Waals surface area contributed by atoms with Crippen molar-refractivity contribution in [3.63, 3.8) is 0 Å². The molecule has 1 atom stereocenters. The molecule has 1 saturated carbocycles. The van der Waals surface area contributed by atoms with Crippen LogP contribution in [0.1, 0.15) is 51.7 Å². The van der Waals surface area contributed by atoms with Crippen LogP contribution in [0, 0.1) is 0 Å². The maximum atomic E-state index is 13.5. The Morgan fingerprint density at radius 2 is 1.80 bits per heavy atom. The Bertz CT molecular complexity index is 1230. The quantitative estimate of drug-likeness (QED) is 0.539. The lowest BCUT2D eigenvalue weighted by atomic mass is 10.1. The summed E-state index contributed by atoms with van der Waals surface area (Å²) in [6.07, 6.45) is 10.8. The minimum atomic E-state index is -0.415. The second kappa shape index (κ2) is 9.75. The number of hydrogen-bond donors (Lipinski definition) is 2. The molecule has 0 spiro atoms. The zero-order valence-electron chi connectivity index (χ0n) is 19.8. The number of amides is 2. The first-order chi connectivity index (χ1) is 17.0. The topological polar surface area (TPSA) is 116 Å². The molecule has 2 N–H and O–H groups in total. The van der Waals surface area contributed by atoms with E-state index < -0.39 is 5.91 Å². The lowest BCUT2D eigenvalue weighted by Crippen LogP contribution is -2.35. The molecular weight excluding hydrogens is 444 g/mol. The molecule has 1 aliphatic carbocycles. The zero-order valence-corrected chi connectivity index (χ0v) is 19.8. The van der Waals surface area contributed by atoms with Crippen molar-refractivity contribution in [3.8, 4) is 0 Å². The second-order valence-corrected chi connectivity index (χ2v) is 9.19. The van der Waals surface area contributed by atoms with Gasteiger partial charge in [-0.15, -0.1) is 0 Å². The number of pyridine rings is 2. The smallest absolute Gasteiger partial charge is 0.276 e. The summed E-state index contributed by atoms with van der Waals surface area (Å²) >= 11 is 0. The van der Waals surface area contributed by atoms with Gasteiger partial charge in [0.2, 0.25) is 0 Å². The summed E-state index contributed by atoms with van der Waals surface area (Å²) < 4.78 is 0. The van der Waals surface area contributed by atoms with Gasteiger partial charge in [0.15, 0.2) is 5.69 Å². The number of likely N-dealkylation sites (N-methyl/N-ethyl adjacent to an activating group) is 1. The van der Waals surface area contributed by atoms with Gasteiger partial charge in [-0.25, -0.2) is 15.0 Å². The Morgan fingerprint density at radius 3 is 2.51 bits per heavy atom. The summed E-state index contributed by atoms with van der Waals surface area (Å²) in [4.78, 5) is 47.6. The molecule has 10 nitrogen and oxygen atoms in total. The van der Waals surface area contributed by atoms with Crippen molar-refractivity contribution in [2.75, 3.05) is 37.8 Å². The van der Waals surface area contributed by atoms with Gasteiger partial charge in [0.25, 0.3) is 11.8 Å². The Morgan fingerprint density at radius 1 is 1.00 bits per heavy atom. The van der Waals surface area contributed by atoms with E-state index in [1.165, 1.54) is 12.5 Å². The number of nitrogens with one attached hydrogen (secondary N) is 2. The van der Waals surface area contributed by atoms with Gasteiger partial charge in [-0.05, 0) is 51.6 Å². The van der Waals surface area contributed by atoms with Crippen molar-refractivity contribution < 1.29 is 9.59 Å². The van der Waals surface area contributed by atoms with Crippen molar-refractivity contribution in [2.45, 2.75) is 31.2 Å². The van der Waals surface area contributed by atoms with Crippen LogP contribution in [-0.4, -0.2) is 74.8 Å². The van der Waals surface area contributed by atoms with Gasteiger partial charge in [-0.3, -0.25) is 14.6 Å². The van der Waals surface area contributed by atoms with Crippen LogP contribution in [0.3, 0.4) is 0 Å². The highest BCUT2D eigenvalue weighted by Crippen LogP contribution is 2.39. The molecule has 3 aromatic heterocycles. The fourth-order valence-corrected chi connectivity index (χ4v) is 4.25. The minimum absolute atomic E-state index is 0.119. The summed E-state index contributed by atoms with van der Waals surface area (Å²) in [5.41, 5.74) is 3.09. The molecule has 3 aromatic rings. The first-order valence-corrected chi connectivity index (χ1v) is 11.7. The van der Waals surface area contributed by atoms with Gasteiger partial charge in [-0.2, -0.15) is 0 Å². The molecular formula is C25H28N8O2. The maximum Gasteiger partial charge on any atom is 0.276 e. The highest BCUT2D eigenvalue weighted by molar-refractivity contribution is 6.10. The van der Waals surface area contributed by atoms with E-state index in [9.17, 15) is 9.59 Å². The predicted octanol–water partition coefficient (Wildman–Crippen LogP) is 2.92. The van der Waals surface area contributed by atoms with Gasteiger partial charge in [0.05, 0.1) is 41.2 Å². The van der Waals surface area contributed by atoms with Gasteiger partial charge in [-0.1, -0.05) is 0 Å². The number of nitrogens with zero attached hydrogens (tertiary/aromatic N) is 6. The van der Waals surface area contributed by atoms with E-state index in [0.717, 1.165) is 25.0 Å². The van der Waals surface area contributed by atoms with E-state index in [0.29, 0.717) is 47.7 Å². The monoisotopic (exact) mass is 472 g/mol. The molecule has 2 aliphatic rings. The van der Waals surface area contributed by atoms with Gasteiger partial charge >= 0.3 is 0 Å². The summed E-state index contributed by atoms with van der Waals surface area (Å²) in [6, 6.07) is 5.76. The molecule has 0 radical (unpaired) electrons. The molecule has 35 heavy (non-hydrogen) atoms. The highest BCUT2D eigenvalue weighted by atomic mass is 16.2. The van der Waals surface area contributed by atoms with Gasteiger partial charge < -0.3 is 20.4 Å². The predicted molar refractivity (Wildman–Crippen MR) is 132 cm³/mol. The summed E-state index contributed by atoms with van der Waals surface area (Å²) in [7, 11) is 4.04. The van der Waals surface area contributed by atoms with E-state index in [4.69, 9.17) is 0 Å². The zero-order chi connectivity index (χ0) is 24.4. The number of aromatic nitrogens is 4. The Kier molecular flexibility index (Phi) is 6.37. The first-order valence-electron chi connectivity index (χ1n) is 11.7. The lowest BCUT2D eigenvalue weighted by molar-refractivity contribution is 0.0784. The summed E-state index contributed by atoms with van der Waals surface area (Å²) in [5, 5.41) is 6.06. The van der Waals surface area contributed by atoms with Crippen LogP contribution in [0.2, 0.25) is 0 Å². The number of carbonyl (C=O) groups excluding carboxylic acids is 2. The van der Waals surface area contributed by atoms with Crippen LogP contribution in [-0.2, 0) is 0 Å². The fraction of sp³-hybridized carbons (Fsp3) is 0.360. The third kappa shape index (κ3) is 5.12. The summed E-state index contributed by atoms with van der Waals surface area (Å²) in [6.45, 7) is 1.33. The van der Waals surface area contributed by atoms with Gasteiger partial charge in [0, 0.05) is 36.9 Å². The maximum absolute atomic E-state index is 13.5. The number of anilines is 3. The van der Waals surface area contributed by atoms with Crippen LogP contribution in [0.15, 0.2) is 49.3 Å². The number of carbonyl (C=O) groups is 2. The molecule has 2 amide bonds. The Labute approximate surface area is 203 Å². The van der Waals surface area contributed by atoms with Crippen LogP contribution in [0.25, 0.3) is 0 Å².